The van der Waals surface area contributed by atoms with Gasteiger partial charge in [-0.05, 0) is 55.8 Å². The van der Waals surface area contributed by atoms with E-state index in [0.29, 0.717) is 0 Å². The van der Waals surface area contributed by atoms with Gasteiger partial charge in [0.25, 0.3) is 0 Å². The molecule has 19 heavy (non-hydrogen) atoms. The van der Waals surface area contributed by atoms with Crippen molar-refractivity contribution in [2.45, 2.75) is 20.0 Å². The highest BCUT2D eigenvalue weighted by atomic mass is 35.5. The van der Waals surface area contributed by atoms with Gasteiger partial charge in [0.2, 0.25) is 0 Å². The van der Waals surface area contributed by atoms with Crippen LogP contribution in [0.15, 0.2) is 48.5 Å². The van der Waals surface area contributed by atoms with Crippen molar-refractivity contribution in [3.05, 3.63) is 59.1 Å². The molecule has 0 radical (unpaired) electrons. The predicted molar refractivity (Wildman–Crippen MR) is 81.2 cm³/mol. The molecular formula is C16H18ClNO. The van der Waals surface area contributed by atoms with E-state index in [-0.39, 0.29) is 6.10 Å². The van der Waals surface area contributed by atoms with Crippen molar-refractivity contribution in [1.82, 2.24) is 0 Å². The Morgan fingerprint density at radius 3 is 2.58 bits per heavy atom. The second-order valence-corrected chi connectivity index (χ2v) is 5.07. The lowest BCUT2D eigenvalue weighted by molar-refractivity contribution is 0.234. The van der Waals surface area contributed by atoms with E-state index in [1.54, 1.807) is 0 Å². The van der Waals surface area contributed by atoms with Crippen LogP contribution in [0.5, 0.6) is 5.75 Å². The summed E-state index contributed by atoms with van der Waals surface area (Å²) in [7, 11) is 0. The molecule has 2 nitrogen and oxygen atoms in total. The molecule has 0 saturated heterocycles. The fourth-order valence-electron chi connectivity index (χ4n) is 1.79. The second-order valence-electron chi connectivity index (χ2n) is 4.63. The zero-order valence-corrected chi connectivity index (χ0v) is 11.9. The molecule has 0 bridgehead atoms. The molecular weight excluding hydrogens is 258 g/mol. The third-order valence-corrected chi connectivity index (χ3v) is 3.02. The molecule has 0 aliphatic heterocycles. The summed E-state index contributed by atoms with van der Waals surface area (Å²) in [5.74, 6) is 0.908. The number of hydrogen-bond acceptors (Lipinski definition) is 2. The first-order valence-electron chi connectivity index (χ1n) is 6.36. The molecule has 0 aliphatic rings. The zero-order valence-electron chi connectivity index (χ0n) is 11.2. The molecule has 1 unspecified atom stereocenters. The molecule has 100 valence electrons. The van der Waals surface area contributed by atoms with Gasteiger partial charge in [-0.1, -0.05) is 23.7 Å². The van der Waals surface area contributed by atoms with E-state index in [1.165, 1.54) is 5.56 Å². The fraction of sp³-hybridized carbons (Fsp3) is 0.250. The first-order chi connectivity index (χ1) is 9.13. The van der Waals surface area contributed by atoms with Crippen LogP contribution in [0.3, 0.4) is 0 Å². The average molecular weight is 276 g/mol. The number of benzene rings is 2. The molecule has 3 heteroatoms. The molecule has 0 amide bonds. The number of anilines is 1. The minimum atomic E-state index is 0.0949. The van der Waals surface area contributed by atoms with Crippen molar-refractivity contribution in [2.75, 3.05) is 11.9 Å². The van der Waals surface area contributed by atoms with Crippen molar-refractivity contribution < 1.29 is 4.74 Å². The van der Waals surface area contributed by atoms with Gasteiger partial charge in [0.1, 0.15) is 11.9 Å². The molecule has 0 fully saturated rings. The Hall–Kier alpha value is -1.67. The third kappa shape index (κ3) is 4.49. The maximum Gasteiger partial charge on any atom is 0.120 e. The molecule has 0 aromatic heterocycles. The van der Waals surface area contributed by atoms with E-state index in [1.807, 2.05) is 49.4 Å². The summed E-state index contributed by atoms with van der Waals surface area (Å²) in [6, 6.07) is 15.7. The summed E-state index contributed by atoms with van der Waals surface area (Å²) in [5.41, 5.74) is 2.25. The van der Waals surface area contributed by atoms with Crippen LogP contribution >= 0.6 is 11.6 Å². The van der Waals surface area contributed by atoms with Gasteiger partial charge in [-0.25, -0.2) is 0 Å². The van der Waals surface area contributed by atoms with Gasteiger partial charge >= 0.3 is 0 Å². The van der Waals surface area contributed by atoms with Crippen LogP contribution in [-0.2, 0) is 0 Å². The van der Waals surface area contributed by atoms with Crippen molar-refractivity contribution in [3.8, 4) is 5.75 Å². The molecule has 1 N–H and O–H groups in total. The average Bonchev–Trinajstić information content (AvgIpc) is 2.38. The molecule has 1 atom stereocenters. The predicted octanol–water partition coefficient (Wildman–Crippen LogP) is 4.53. The van der Waals surface area contributed by atoms with Crippen LogP contribution in [0.4, 0.5) is 5.69 Å². The monoisotopic (exact) mass is 275 g/mol. The van der Waals surface area contributed by atoms with Crippen LogP contribution in [0, 0.1) is 6.92 Å². The Labute approximate surface area is 119 Å². The quantitative estimate of drug-likeness (QED) is 0.866. The summed E-state index contributed by atoms with van der Waals surface area (Å²) in [6.07, 6.45) is 0.0949. The Balaban J connectivity index is 1.84. The van der Waals surface area contributed by atoms with E-state index >= 15 is 0 Å². The van der Waals surface area contributed by atoms with Gasteiger partial charge in [-0.2, -0.15) is 0 Å². The minimum Gasteiger partial charge on any atom is -0.489 e. The van der Waals surface area contributed by atoms with E-state index < -0.39 is 0 Å². The smallest absolute Gasteiger partial charge is 0.120 e. The molecule has 0 spiro atoms. The van der Waals surface area contributed by atoms with Crippen LogP contribution in [-0.4, -0.2) is 12.6 Å². The normalized spacial score (nSPS) is 11.9. The Kier molecular flexibility index (Phi) is 4.69. The molecule has 2 rings (SSSR count). The van der Waals surface area contributed by atoms with Crippen LogP contribution in [0.1, 0.15) is 12.5 Å². The van der Waals surface area contributed by atoms with Crippen molar-refractivity contribution in [3.63, 3.8) is 0 Å². The standard InChI is InChI=1S/C16H18ClNO/c1-12-4-3-5-16(10-12)19-13(2)11-18-15-8-6-14(17)7-9-15/h3-10,13,18H,11H2,1-2H3. The molecule has 2 aromatic rings. The van der Waals surface area contributed by atoms with Gasteiger partial charge in [0, 0.05) is 10.7 Å². The van der Waals surface area contributed by atoms with E-state index in [4.69, 9.17) is 16.3 Å². The van der Waals surface area contributed by atoms with Gasteiger partial charge in [0.15, 0.2) is 0 Å². The summed E-state index contributed by atoms with van der Waals surface area (Å²) < 4.78 is 5.85. The minimum absolute atomic E-state index is 0.0949. The maximum atomic E-state index is 5.85. The number of hydrogen-bond donors (Lipinski definition) is 1. The van der Waals surface area contributed by atoms with Gasteiger partial charge in [-0.3, -0.25) is 0 Å². The fourth-order valence-corrected chi connectivity index (χ4v) is 1.92. The Morgan fingerprint density at radius 1 is 1.16 bits per heavy atom. The van der Waals surface area contributed by atoms with Crippen LogP contribution < -0.4 is 10.1 Å². The highest BCUT2D eigenvalue weighted by Crippen LogP contribution is 2.16. The topological polar surface area (TPSA) is 21.3 Å². The highest BCUT2D eigenvalue weighted by Gasteiger charge is 2.04. The lowest BCUT2D eigenvalue weighted by Crippen LogP contribution is -2.22. The molecule has 0 saturated carbocycles. The summed E-state index contributed by atoms with van der Waals surface area (Å²) in [6.45, 7) is 4.85. The summed E-state index contributed by atoms with van der Waals surface area (Å²) in [4.78, 5) is 0. The second kappa shape index (κ2) is 6.48. The van der Waals surface area contributed by atoms with E-state index in [0.717, 1.165) is 23.0 Å². The first kappa shape index (κ1) is 13.8. The summed E-state index contributed by atoms with van der Waals surface area (Å²) in [5, 5.41) is 4.07. The van der Waals surface area contributed by atoms with Gasteiger partial charge in [0.05, 0.1) is 6.54 Å². The highest BCUT2D eigenvalue weighted by molar-refractivity contribution is 6.30. The Bertz CT molecular complexity index is 525. The van der Waals surface area contributed by atoms with Crippen LogP contribution in [0.25, 0.3) is 0 Å². The van der Waals surface area contributed by atoms with Crippen LogP contribution in [0.2, 0.25) is 5.02 Å². The lowest BCUT2D eigenvalue weighted by Gasteiger charge is -2.16. The summed E-state index contributed by atoms with van der Waals surface area (Å²) >= 11 is 5.84. The number of nitrogens with one attached hydrogen (secondary N) is 1. The number of aryl methyl sites for hydroxylation is 1. The lowest BCUT2D eigenvalue weighted by atomic mass is 10.2. The Morgan fingerprint density at radius 2 is 1.89 bits per heavy atom. The van der Waals surface area contributed by atoms with Gasteiger partial charge in [-0.15, -0.1) is 0 Å². The zero-order chi connectivity index (χ0) is 13.7. The first-order valence-corrected chi connectivity index (χ1v) is 6.74. The van der Waals surface area contributed by atoms with Crippen molar-refractivity contribution in [2.24, 2.45) is 0 Å². The van der Waals surface area contributed by atoms with E-state index in [9.17, 15) is 0 Å². The third-order valence-electron chi connectivity index (χ3n) is 2.76. The SMILES string of the molecule is Cc1cccc(OC(C)CNc2ccc(Cl)cc2)c1. The molecule has 2 aromatic carbocycles. The van der Waals surface area contributed by atoms with E-state index in [2.05, 4.69) is 18.3 Å². The van der Waals surface area contributed by atoms with Crippen molar-refractivity contribution in [1.29, 1.82) is 0 Å². The maximum absolute atomic E-state index is 5.85. The largest absolute Gasteiger partial charge is 0.489 e. The molecule has 0 heterocycles. The number of rotatable bonds is 5. The number of ether oxygens (including phenoxy) is 1. The van der Waals surface area contributed by atoms with Gasteiger partial charge < -0.3 is 10.1 Å². The molecule has 0 aliphatic carbocycles. The number of halogens is 1. The van der Waals surface area contributed by atoms with Crippen molar-refractivity contribution >= 4 is 17.3 Å².